The van der Waals surface area contributed by atoms with Crippen molar-refractivity contribution in [3.8, 4) is 40.2 Å². The summed E-state index contributed by atoms with van der Waals surface area (Å²) in [5.74, 6) is 1.48. The van der Waals surface area contributed by atoms with Crippen LogP contribution in [0.2, 0.25) is 0 Å². The van der Waals surface area contributed by atoms with Crippen molar-refractivity contribution in [1.82, 2.24) is 5.32 Å². The molecule has 3 aliphatic heterocycles. The van der Waals surface area contributed by atoms with Crippen LogP contribution in [0.25, 0.3) is 11.1 Å². The monoisotopic (exact) mass is 601 g/mol. The molecule has 0 spiro atoms. The molecule has 7 rings (SSSR count). The Balaban J connectivity index is 1.24. The van der Waals surface area contributed by atoms with Gasteiger partial charge in [-0.15, -0.1) is 0 Å². The minimum absolute atomic E-state index is 0.265. The molecule has 3 aliphatic rings. The summed E-state index contributed by atoms with van der Waals surface area (Å²) >= 11 is 0. The van der Waals surface area contributed by atoms with Crippen LogP contribution < -0.4 is 24.4 Å². The number of hydrogen-bond acceptors (Lipinski definition) is 8. The van der Waals surface area contributed by atoms with E-state index in [1.54, 1.807) is 42.5 Å². The third-order valence-corrected chi connectivity index (χ3v) is 8.46. The Kier molecular flexibility index (Phi) is 7.67. The predicted molar refractivity (Wildman–Crippen MR) is 167 cm³/mol. The number of nitriles is 1. The number of carbonyl (C=O) groups is 2. The van der Waals surface area contributed by atoms with Gasteiger partial charge in [-0.05, 0) is 85.0 Å². The predicted octanol–water partition coefficient (Wildman–Crippen LogP) is 6.17. The molecule has 9 nitrogen and oxygen atoms in total. The number of fused-ring (bicyclic) bond motifs is 2. The highest BCUT2D eigenvalue weighted by atomic mass is 16.6. The van der Waals surface area contributed by atoms with Gasteiger partial charge in [-0.1, -0.05) is 24.3 Å². The second-order valence-corrected chi connectivity index (χ2v) is 11.3. The van der Waals surface area contributed by atoms with E-state index >= 15 is 0 Å². The number of ether oxygens (including phenoxy) is 4. The summed E-state index contributed by atoms with van der Waals surface area (Å²) < 4.78 is 23.2. The van der Waals surface area contributed by atoms with E-state index in [1.165, 1.54) is 4.90 Å². The second-order valence-electron chi connectivity index (χ2n) is 11.3. The molecule has 1 fully saturated rings. The highest BCUT2D eigenvalue weighted by Gasteiger charge is 2.39. The van der Waals surface area contributed by atoms with Crippen molar-refractivity contribution in [2.24, 2.45) is 0 Å². The van der Waals surface area contributed by atoms with Crippen molar-refractivity contribution in [3.63, 3.8) is 0 Å². The van der Waals surface area contributed by atoms with E-state index in [9.17, 15) is 14.9 Å². The fraction of sp³-hybridized carbons (Fsp3) is 0.250. The van der Waals surface area contributed by atoms with Crippen LogP contribution in [0.15, 0.2) is 72.8 Å². The van der Waals surface area contributed by atoms with Gasteiger partial charge in [0, 0.05) is 31.4 Å². The molecule has 1 N–H and O–H groups in total. The van der Waals surface area contributed by atoms with Crippen molar-refractivity contribution in [3.05, 3.63) is 101 Å². The molecule has 0 atom stereocenters. The Morgan fingerprint density at radius 3 is 2.42 bits per heavy atom. The van der Waals surface area contributed by atoms with Gasteiger partial charge in [0.15, 0.2) is 11.5 Å². The molecular weight excluding hydrogens is 570 g/mol. The summed E-state index contributed by atoms with van der Waals surface area (Å²) in [6.45, 7) is 4.72. The first-order valence-corrected chi connectivity index (χ1v) is 15.0. The standard InChI is InChI=1S/C36H31N3O6/c1-22-28(24-8-9-32-34(18-24)44-15-14-43-32)6-3-7-31(22)39-35(40)29-17-25(21-38-26-10-12-42-13-11-26)33(19-30(29)36(39)41)45-27-5-2-4-23(16-27)20-37/h2-9,16-19,26,38H,10-15,21H2,1H3. The first-order chi connectivity index (χ1) is 22.0. The van der Waals surface area contributed by atoms with Crippen LogP contribution in [0.3, 0.4) is 0 Å². The Morgan fingerprint density at radius 2 is 1.62 bits per heavy atom. The fourth-order valence-corrected chi connectivity index (χ4v) is 6.07. The largest absolute Gasteiger partial charge is 0.486 e. The number of nitrogens with one attached hydrogen (secondary N) is 1. The summed E-state index contributed by atoms with van der Waals surface area (Å²) in [4.78, 5) is 29.2. The van der Waals surface area contributed by atoms with Gasteiger partial charge in [0.2, 0.25) is 0 Å². The average Bonchev–Trinajstić information content (AvgIpc) is 3.31. The molecule has 226 valence electrons. The average molecular weight is 602 g/mol. The zero-order valence-electron chi connectivity index (χ0n) is 24.8. The maximum atomic E-state index is 14.0. The minimum atomic E-state index is -0.419. The van der Waals surface area contributed by atoms with Crippen molar-refractivity contribution in [1.29, 1.82) is 5.26 Å². The molecule has 0 saturated carbocycles. The molecule has 3 heterocycles. The number of nitrogens with zero attached hydrogens (tertiary/aromatic N) is 2. The first kappa shape index (κ1) is 28.6. The van der Waals surface area contributed by atoms with Crippen molar-refractivity contribution >= 4 is 17.5 Å². The summed E-state index contributed by atoms with van der Waals surface area (Å²) in [7, 11) is 0. The summed E-state index contributed by atoms with van der Waals surface area (Å²) in [5, 5.41) is 12.9. The second kappa shape index (κ2) is 12.1. The van der Waals surface area contributed by atoms with Crippen LogP contribution in [-0.2, 0) is 11.3 Å². The van der Waals surface area contributed by atoms with Crippen LogP contribution in [0.1, 0.15) is 50.2 Å². The summed E-state index contributed by atoms with van der Waals surface area (Å²) in [6, 6.07) is 24.0. The van der Waals surface area contributed by atoms with Gasteiger partial charge in [-0.2, -0.15) is 5.26 Å². The highest BCUT2D eigenvalue weighted by Crippen LogP contribution is 2.40. The fourth-order valence-electron chi connectivity index (χ4n) is 6.07. The van der Waals surface area contributed by atoms with Crippen molar-refractivity contribution < 1.29 is 28.5 Å². The van der Waals surface area contributed by atoms with Gasteiger partial charge < -0.3 is 24.3 Å². The molecule has 0 radical (unpaired) electrons. The zero-order chi connectivity index (χ0) is 30.9. The Hall–Kier alpha value is -5.17. The van der Waals surface area contributed by atoms with Gasteiger partial charge in [-0.3, -0.25) is 9.59 Å². The van der Waals surface area contributed by atoms with E-state index < -0.39 is 5.91 Å². The lowest BCUT2D eigenvalue weighted by Crippen LogP contribution is -2.34. The lowest BCUT2D eigenvalue weighted by molar-refractivity contribution is 0.0775. The molecular formula is C36H31N3O6. The van der Waals surface area contributed by atoms with Gasteiger partial charge >= 0.3 is 0 Å². The first-order valence-electron chi connectivity index (χ1n) is 15.0. The molecule has 4 aromatic rings. The Bertz CT molecular complexity index is 1860. The van der Waals surface area contributed by atoms with Crippen LogP contribution in [0.5, 0.6) is 23.0 Å². The number of amides is 2. The van der Waals surface area contributed by atoms with E-state index in [1.807, 2.05) is 37.3 Å². The number of imide groups is 1. The lowest BCUT2D eigenvalue weighted by atomic mass is 9.98. The molecule has 45 heavy (non-hydrogen) atoms. The van der Waals surface area contributed by atoms with E-state index in [-0.39, 0.29) is 17.5 Å². The molecule has 4 aromatic carbocycles. The van der Waals surface area contributed by atoms with Gasteiger partial charge in [0.05, 0.1) is 28.4 Å². The van der Waals surface area contributed by atoms with E-state index in [0.29, 0.717) is 72.8 Å². The minimum Gasteiger partial charge on any atom is -0.486 e. The SMILES string of the molecule is Cc1c(-c2ccc3c(c2)OCCO3)cccc1N1C(=O)c2cc(CNC3CCOCC3)c(Oc3cccc(C#N)c3)cc2C1=O. The third kappa shape index (κ3) is 5.50. The summed E-state index contributed by atoms with van der Waals surface area (Å²) in [5.41, 5.74) is 4.87. The van der Waals surface area contributed by atoms with E-state index in [0.717, 1.165) is 35.1 Å². The lowest BCUT2D eigenvalue weighted by Gasteiger charge is -2.24. The van der Waals surface area contributed by atoms with Gasteiger partial charge in [-0.25, -0.2) is 4.90 Å². The molecule has 1 saturated heterocycles. The van der Waals surface area contributed by atoms with E-state index in [2.05, 4.69) is 11.4 Å². The zero-order valence-corrected chi connectivity index (χ0v) is 24.8. The van der Waals surface area contributed by atoms with Crippen molar-refractivity contribution in [2.75, 3.05) is 31.3 Å². The maximum Gasteiger partial charge on any atom is 0.266 e. The van der Waals surface area contributed by atoms with Gasteiger partial charge in [0.1, 0.15) is 24.7 Å². The molecule has 0 unspecified atom stereocenters. The molecule has 0 aliphatic carbocycles. The molecule has 0 aromatic heterocycles. The topological polar surface area (TPSA) is 110 Å². The van der Waals surface area contributed by atoms with Crippen LogP contribution in [-0.4, -0.2) is 44.3 Å². The third-order valence-electron chi connectivity index (χ3n) is 8.46. The highest BCUT2D eigenvalue weighted by molar-refractivity contribution is 6.35. The normalized spacial score (nSPS) is 16.0. The molecule has 9 heteroatoms. The Morgan fingerprint density at radius 1 is 0.867 bits per heavy atom. The maximum absolute atomic E-state index is 14.0. The van der Waals surface area contributed by atoms with Crippen LogP contribution in [0.4, 0.5) is 5.69 Å². The number of rotatable bonds is 7. The van der Waals surface area contributed by atoms with E-state index in [4.69, 9.17) is 18.9 Å². The quantitative estimate of drug-likeness (QED) is 0.251. The number of anilines is 1. The van der Waals surface area contributed by atoms with Gasteiger partial charge in [0.25, 0.3) is 11.8 Å². The number of benzene rings is 4. The summed E-state index contributed by atoms with van der Waals surface area (Å²) in [6.07, 6.45) is 1.77. The molecule has 0 bridgehead atoms. The van der Waals surface area contributed by atoms with Crippen molar-refractivity contribution in [2.45, 2.75) is 32.4 Å². The van der Waals surface area contributed by atoms with Crippen LogP contribution >= 0.6 is 0 Å². The molecule has 2 amide bonds. The Labute approximate surface area is 260 Å². The number of hydrogen-bond donors (Lipinski definition) is 1. The number of carbonyl (C=O) groups excluding carboxylic acids is 2. The van der Waals surface area contributed by atoms with Crippen LogP contribution in [0, 0.1) is 18.3 Å². The smallest absolute Gasteiger partial charge is 0.266 e.